The molecule has 1 aliphatic rings. The summed E-state index contributed by atoms with van der Waals surface area (Å²) in [6, 6.07) is 20.1. The van der Waals surface area contributed by atoms with E-state index in [1.165, 1.54) is 0 Å². The van der Waals surface area contributed by atoms with E-state index in [2.05, 4.69) is 10.2 Å². The smallest absolute Gasteiger partial charge is 0.255 e. The van der Waals surface area contributed by atoms with Crippen LogP contribution in [0.3, 0.4) is 0 Å². The molecule has 1 aliphatic heterocycles. The van der Waals surface area contributed by atoms with Crippen LogP contribution in [0.4, 0.5) is 5.69 Å². The number of amides is 1. The second-order valence-corrected chi connectivity index (χ2v) is 7.29. The molecule has 1 N–H and O–H groups in total. The minimum Gasteiger partial charge on any atom is -0.340 e. The molecule has 1 amide bonds. The van der Waals surface area contributed by atoms with E-state index >= 15 is 0 Å². The lowest BCUT2D eigenvalue weighted by atomic mass is 10.0. The fourth-order valence-corrected chi connectivity index (χ4v) is 4.02. The largest absolute Gasteiger partial charge is 0.340 e. The van der Waals surface area contributed by atoms with Gasteiger partial charge in [-0.2, -0.15) is 0 Å². The van der Waals surface area contributed by atoms with Crippen molar-refractivity contribution in [2.24, 2.45) is 5.18 Å². The number of nitroso groups, excluding NO2 is 1. The third-order valence-corrected chi connectivity index (χ3v) is 5.41. The SMILES string of the molecule is Cc1ccc2nc(C(c3ccccc3N=O)N3Cc4ccccc4C3=O)[nH]c2c1. The number of aryl methyl sites for hydroxylation is 1. The van der Waals surface area contributed by atoms with Crippen molar-refractivity contribution >= 4 is 22.6 Å². The zero-order valence-corrected chi connectivity index (χ0v) is 15.8. The second kappa shape index (κ2) is 6.67. The average molecular weight is 382 g/mol. The van der Waals surface area contributed by atoms with Gasteiger partial charge in [0.1, 0.15) is 17.6 Å². The van der Waals surface area contributed by atoms with Gasteiger partial charge in [-0.25, -0.2) is 4.98 Å². The molecule has 0 fully saturated rings. The lowest BCUT2D eigenvalue weighted by Crippen LogP contribution is -2.30. The summed E-state index contributed by atoms with van der Waals surface area (Å²) in [7, 11) is 0. The summed E-state index contributed by atoms with van der Waals surface area (Å²) in [5.74, 6) is 0.533. The summed E-state index contributed by atoms with van der Waals surface area (Å²) in [4.78, 5) is 34.6. The average Bonchev–Trinajstić information content (AvgIpc) is 3.30. The minimum atomic E-state index is -0.545. The van der Waals surface area contributed by atoms with Gasteiger partial charge in [-0.15, -0.1) is 4.91 Å². The van der Waals surface area contributed by atoms with Gasteiger partial charge in [-0.1, -0.05) is 42.5 Å². The number of nitrogens with one attached hydrogen (secondary N) is 1. The molecule has 1 unspecified atom stereocenters. The van der Waals surface area contributed by atoms with Crippen LogP contribution in [-0.2, 0) is 6.54 Å². The third-order valence-electron chi connectivity index (χ3n) is 5.41. The number of H-pyrrole nitrogens is 1. The molecule has 5 rings (SSSR count). The van der Waals surface area contributed by atoms with Crippen molar-refractivity contribution in [2.45, 2.75) is 19.5 Å². The van der Waals surface area contributed by atoms with Crippen molar-refractivity contribution in [2.75, 3.05) is 0 Å². The standard InChI is InChI=1S/C23H18N4O2/c1-14-10-11-19-20(12-14)25-22(24-19)21(17-8-4-5-9-18(17)26-29)27-13-15-6-2-3-7-16(15)23(27)28/h2-12,21H,13H2,1H3,(H,24,25). The van der Waals surface area contributed by atoms with Crippen LogP contribution in [0.15, 0.2) is 71.9 Å². The molecule has 3 aromatic carbocycles. The minimum absolute atomic E-state index is 0.0806. The maximum absolute atomic E-state index is 13.2. The molecular formula is C23H18N4O2. The quantitative estimate of drug-likeness (QED) is 0.504. The summed E-state index contributed by atoms with van der Waals surface area (Å²) in [6.07, 6.45) is 0. The Bertz CT molecular complexity index is 1260. The molecule has 2 heterocycles. The highest BCUT2D eigenvalue weighted by molar-refractivity contribution is 5.99. The monoisotopic (exact) mass is 382 g/mol. The van der Waals surface area contributed by atoms with Crippen LogP contribution < -0.4 is 0 Å². The van der Waals surface area contributed by atoms with Crippen LogP contribution in [0.2, 0.25) is 0 Å². The van der Waals surface area contributed by atoms with E-state index in [9.17, 15) is 9.70 Å². The number of aromatic amines is 1. The highest BCUT2D eigenvalue weighted by Gasteiger charge is 2.37. The van der Waals surface area contributed by atoms with Gasteiger partial charge in [0.25, 0.3) is 5.91 Å². The fourth-order valence-electron chi connectivity index (χ4n) is 4.02. The van der Waals surface area contributed by atoms with Crippen LogP contribution in [0, 0.1) is 11.8 Å². The molecule has 0 saturated heterocycles. The molecule has 0 saturated carbocycles. The molecule has 142 valence electrons. The lowest BCUT2D eigenvalue weighted by molar-refractivity contribution is 0.0726. The van der Waals surface area contributed by atoms with E-state index < -0.39 is 6.04 Å². The molecular weight excluding hydrogens is 364 g/mol. The van der Waals surface area contributed by atoms with Gasteiger partial charge in [0.2, 0.25) is 0 Å². The van der Waals surface area contributed by atoms with Gasteiger partial charge < -0.3 is 9.88 Å². The second-order valence-electron chi connectivity index (χ2n) is 7.29. The Labute approximate surface area is 167 Å². The number of imidazole rings is 1. The molecule has 1 aromatic heterocycles. The Morgan fingerprint density at radius 2 is 1.86 bits per heavy atom. The number of fused-ring (bicyclic) bond motifs is 2. The molecule has 6 heteroatoms. The number of carbonyl (C=O) groups is 1. The number of benzene rings is 3. The molecule has 0 aliphatic carbocycles. The van der Waals surface area contributed by atoms with Crippen molar-refractivity contribution < 1.29 is 4.79 Å². The van der Waals surface area contributed by atoms with E-state index in [0.717, 1.165) is 22.2 Å². The summed E-state index contributed by atoms with van der Waals surface area (Å²) < 4.78 is 0. The van der Waals surface area contributed by atoms with Crippen LogP contribution in [0.5, 0.6) is 0 Å². The predicted molar refractivity (Wildman–Crippen MR) is 111 cm³/mol. The van der Waals surface area contributed by atoms with Gasteiger partial charge >= 0.3 is 0 Å². The maximum atomic E-state index is 13.2. The fraction of sp³-hybridized carbons (Fsp3) is 0.130. The number of carbonyl (C=O) groups excluding carboxylic acids is 1. The first-order valence-corrected chi connectivity index (χ1v) is 9.43. The van der Waals surface area contributed by atoms with E-state index in [1.54, 1.807) is 17.0 Å². The van der Waals surface area contributed by atoms with Crippen molar-refractivity contribution in [3.63, 3.8) is 0 Å². The Kier molecular flexibility index (Phi) is 3.98. The lowest BCUT2D eigenvalue weighted by Gasteiger charge is -2.27. The summed E-state index contributed by atoms with van der Waals surface area (Å²) in [5, 5.41) is 3.20. The Morgan fingerprint density at radius 3 is 2.69 bits per heavy atom. The van der Waals surface area contributed by atoms with E-state index in [1.807, 2.05) is 61.5 Å². The molecule has 4 aromatic rings. The number of hydrogen-bond acceptors (Lipinski definition) is 4. The number of rotatable bonds is 4. The maximum Gasteiger partial charge on any atom is 0.255 e. The molecule has 29 heavy (non-hydrogen) atoms. The predicted octanol–water partition coefficient (Wildman–Crippen LogP) is 5.01. The highest BCUT2D eigenvalue weighted by atomic mass is 16.3. The van der Waals surface area contributed by atoms with E-state index in [4.69, 9.17) is 4.98 Å². The normalized spacial score (nSPS) is 14.2. The molecule has 6 nitrogen and oxygen atoms in total. The molecule has 0 bridgehead atoms. The number of hydrogen-bond donors (Lipinski definition) is 1. The van der Waals surface area contributed by atoms with Crippen molar-refractivity contribution in [3.05, 3.63) is 99.7 Å². The number of aromatic nitrogens is 2. The van der Waals surface area contributed by atoms with E-state index in [-0.39, 0.29) is 5.91 Å². The highest BCUT2D eigenvalue weighted by Crippen LogP contribution is 2.39. The molecule has 1 atom stereocenters. The first-order valence-electron chi connectivity index (χ1n) is 9.43. The summed E-state index contributed by atoms with van der Waals surface area (Å²) in [6.45, 7) is 2.46. The van der Waals surface area contributed by atoms with Crippen LogP contribution >= 0.6 is 0 Å². The van der Waals surface area contributed by atoms with Crippen molar-refractivity contribution in [3.8, 4) is 0 Å². The summed E-state index contributed by atoms with van der Waals surface area (Å²) >= 11 is 0. The van der Waals surface area contributed by atoms with Gasteiger partial charge in [-0.05, 0) is 47.5 Å². The zero-order chi connectivity index (χ0) is 20.0. The Hall–Kier alpha value is -3.80. The van der Waals surface area contributed by atoms with Crippen molar-refractivity contribution in [1.29, 1.82) is 0 Å². The van der Waals surface area contributed by atoms with Crippen molar-refractivity contribution in [1.82, 2.24) is 14.9 Å². The number of nitrogens with zero attached hydrogens (tertiary/aromatic N) is 3. The summed E-state index contributed by atoms with van der Waals surface area (Å²) in [5.41, 5.74) is 5.43. The van der Waals surface area contributed by atoms with Crippen LogP contribution in [0.25, 0.3) is 11.0 Å². The zero-order valence-electron chi connectivity index (χ0n) is 15.8. The van der Waals surface area contributed by atoms with E-state index in [0.29, 0.717) is 29.2 Å². The van der Waals surface area contributed by atoms with Crippen LogP contribution in [0.1, 0.15) is 38.9 Å². The first-order chi connectivity index (χ1) is 14.2. The topological polar surface area (TPSA) is 78.4 Å². The Balaban J connectivity index is 1.70. The molecule has 0 radical (unpaired) electrons. The molecule has 0 spiro atoms. The third kappa shape index (κ3) is 2.81. The van der Waals surface area contributed by atoms with Crippen LogP contribution in [-0.4, -0.2) is 20.8 Å². The first kappa shape index (κ1) is 17.3. The van der Waals surface area contributed by atoms with Gasteiger partial charge in [0.05, 0.1) is 11.0 Å². The Morgan fingerprint density at radius 1 is 1.07 bits per heavy atom. The van der Waals surface area contributed by atoms with Gasteiger partial charge in [0, 0.05) is 17.7 Å². The van der Waals surface area contributed by atoms with Gasteiger partial charge in [-0.3, -0.25) is 4.79 Å². The van der Waals surface area contributed by atoms with Gasteiger partial charge in [0.15, 0.2) is 0 Å².